The molecule has 16 heavy (non-hydrogen) atoms. The molecule has 0 saturated heterocycles. The van der Waals surface area contributed by atoms with Gasteiger partial charge in [0.25, 0.3) is 0 Å². The van der Waals surface area contributed by atoms with Gasteiger partial charge in [-0.1, -0.05) is 5.16 Å². The lowest BCUT2D eigenvalue weighted by Crippen LogP contribution is -2.06. The monoisotopic (exact) mass is 220 g/mol. The number of anilines is 3. The smallest absolute Gasteiger partial charge is 0.223 e. The maximum Gasteiger partial charge on any atom is 0.223 e. The highest BCUT2D eigenvalue weighted by molar-refractivity contribution is 5.48. The summed E-state index contributed by atoms with van der Waals surface area (Å²) in [7, 11) is 0. The van der Waals surface area contributed by atoms with Crippen LogP contribution in [0.5, 0.6) is 0 Å². The third-order valence-electron chi connectivity index (χ3n) is 1.89. The summed E-state index contributed by atoms with van der Waals surface area (Å²) in [6.45, 7) is 2.32. The summed E-state index contributed by atoms with van der Waals surface area (Å²) in [5.74, 6) is 1.79. The Bertz CT molecular complexity index is 474. The molecule has 0 aliphatic carbocycles. The predicted molar refractivity (Wildman–Crippen MR) is 59.4 cm³/mol. The highest BCUT2D eigenvalue weighted by Gasteiger charge is 2.02. The van der Waals surface area contributed by atoms with Gasteiger partial charge >= 0.3 is 0 Å². The fourth-order valence-electron chi connectivity index (χ4n) is 1.26. The van der Waals surface area contributed by atoms with Crippen molar-refractivity contribution in [3.63, 3.8) is 0 Å². The van der Waals surface area contributed by atoms with Crippen LogP contribution in [0.4, 0.5) is 17.6 Å². The van der Waals surface area contributed by atoms with Crippen LogP contribution in [0.15, 0.2) is 16.7 Å². The molecule has 0 atom stereocenters. The summed E-state index contributed by atoms with van der Waals surface area (Å²) in [4.78, 5) is 7.74. The Morgan fingerprint density at radius 1 is 1.31 bits per heavy atom. The average molecular weight is 220 g/mol. The largest absolute Gasteiger partial charge is 0.383 e. The standard InChI is InChI=1S/C9H12N6O/c1-5-2-6(15-16-5)4-12-8-3-7(10)13-9(11)14-8/h2-3H,4H2,1H3,(H5,10,11,12,13,14). The molecule has 7 heteroatoms. The van der Waals surface area contributed by atoms with Crippen molar-refractivity contribution in [3.05, 3.63) is 23.6 Å². The lowest BCUT2D eigenvalue weighted by Gasteiger charge is -2.04. The fourth-order valence-corrected chi connectivity index (χ4v) is 1.26. The van der Waals surface area contributed by atoms with Gasteiger partial charge in [-0.15, -0.1) is 0 Å². The summed E-state index contributed by atoms with van der Waals surface area (Å²) in [6.07, 6.45) is 0. The number of nitrogens with two attached hydrogens (primary N) is 2. The van der Waals surface area contributed by atoms with Gasteiger partial charge in [-0.3, -0.25) is 0 Å². The van der Waals surface area contributed by atoms with Crippen LogP contribution >= 0.6 is 0 Å². The first-order valence-corrected chi connectivity index (χ1v) is 4.69. The number of aromatic nitrogens is 3. The molecule has 2 rings (SSSR count). The van der Waals surface area contributed by atoms with Gasteiger partial charge in [-0.25, -0.2) is 0 Å². The highest BCUT2D eigenvalue weighted by Crippen LogP contribution is 2.11. The summed E-state index contributed by atoms with van der Waals surface area (Å²) >= 11 is 0. The quantitative estimate of drug-likeness (QED) is 0.691. The van der Waals surface area contributed by atoms with Gasteiger partial charge in [0.15, 0.2) is 0 Å². The molecule has 0 aromatic carbocycles. The molecule has 0 bridgehead atoms. The minimum atomic E-state index is 0.138. The van der Waals surface area contributed by atoms with E-state index < -0.39 is 0 Å². The van der Waals surface area contributed by atoms with E-state index in [-0.39, 0.29) is 5.95 Å². The van der Waals surface area contributed by atoms with Crippen molar-refractivity contribution in [1.82, 2.24) is 15.1 Å². The molecule has 0 saturated carbocycles. The Morgan fingerprint density at radius 3 is 2.75 bits per heavy atom. The molecule has 2 aromatic rings. The fraction of sp³-hybridized carbons (Fsp3) is 0.222. The Morgan fingerprint density at radius 2 is 2.12 bits per heavy atom. The van der Waals surface area contributed by atoms with E-state index in [1.54, 1.807) is 6.07 Å². The third-order valence-corrected chi connectivity index (χ3v) is 1.89. The number of aryl methyl sites for hydroxylation is 1. The molecule has 0 amide bonds. The van der Waals surface area contributed by atoms with E-state index in [1.807, 2.05) is 13.0 Å². The second-order valence-corrected chi connectivity index (χ2v) is 3.32. The molecule has 2 aromatic heterocycles. The first-order valence-electron chi connectivity index (χ1n) is 4.69. The number of rotatable bonds is 3. The molecule has 0 fully saturated rings. The van der Waals surface area contributed by atoms with E-state index in [0.717, 1.165) is 11.5 Å². The van der Waals surface area contributed by atoms with Crippen LogP contribution < -0.4 is 16.8 Å². The zero-order valence-electron chi connectivity index (χ0n) is 8.77. The van der Waals surface area contributed by atoms with Gasteiger partial charge in [0, 0.05) is 12.1 Å². The van der Waals surface area contributed by atoms with E-state index in [2.05, 4.69) is 20.4 Å². The zero-order valence-corrected chi connectivity index (χ0v) is 8.77. The van der Waals surface area contributed by atoms with Crippen molar-refractivity contribution < 1.29 is 4.52 Å². The normalized spacial score (nSPS) is 10.3. The van der Waals surface area contributed by atoms with Gasteiger partial charge in [0.2, 0.25) is 5.95 Å². The minimum absolute atomic E-state index is 0.138. The predicted octanol–water partition coefficient (Wildman–Crippen LogP) is 0.550. The molecule has 5 N–H and O–H groups in total. The van der Waals surface area contributed by atoms with Crippen LogP contribution in [-0.2, 0) is 6.54 Å². The molecule has 0 unspecified atom stereocenters. The van der Waals surface area contributed by atoms with Crippen LogP contribution in [0.3, 0.4) is 0 Å². The van der Waals surface area contributed by atoms with Crippen molar-refractivity contribution in [1.29, 1.82) is 0 Å². The van der Waals surface area contributed by atoms with Gasteiger partial charge in [0.1, 0.15) is 23.1 Å². The van der Waals surface area contributed by atoms with Gasteiger partial charge in [0.05, 0.1) is 6.54 Å². The first-order chi connectivity index (χ1) is 7.63. The van der Waals surface area contributed by atoms with Crippen molar-refractivity contribution in [2.24, 2.45) is 0 Å². The van der Waals surface area contributed by atoms with E-state index in [4.69, 9.17) is 16.0 Å². The maximum absolute atomic E-state index is 5.53. The number of hydrogen-bond donors (Lipinski definition) is 3. The van der Waals surface area contributed by atoms with Crippen LogP contribution in [-0.4, -0.2) is 15.1 Å². The first kappa shape index (κ1) is 10.2. The molecule has 0 aliphatic rings. The maximum atomic E-state index is 5.53. The third kappa shape index (κ3) is 2.38. The number of hydrogen-bond acceptors (Lipinski definition) is 7. The number of nitrogen functional groups attached to an aromatic ring is 2. The molecule has 0 spiro atoms. The Balaban J connectivity index is 2.04. The van der Waals surface area contributed by atoms with Crippen molar-refractivity contribution in [3.8, 4) is 0 Å². The van der Waals surface area contributed by atoms with Crippen molar-refractivity contribution in [2.45, 2.75) is 13.5 Å². The van der Waals surface area contributed by atoms with Crippen LogP contribution in [0.2, 0.25) is 0 Å². The lowest BCUT2D eigenvalue weighted by molar-refractivity contribution is 0.391. The van der Waals surface area contributed by atoms with Crippen molar-refractivity contribution in [2.75, 3.05) is 16.8 Å². The van der Waals surface area contributed by atoms with E-state index in [9.17, 15) is 0 Å². The lowest BCUT2D eigenvalue weighted by atomic mass is 10.4. The zero-order chi connectivity index (χ0) is 11.5. The number of nitrogens with zero attached hydrogens (tertiary/aromatic N) is 3. The van der Waals surface area contributed by atoms with Crippen LogP contribution in [0.25, 0.3) is 0 Å². The molecular formula is C9H12N6O. The minimum Gasteiger partial charge on any atom is -0.383 e. The Labute approximate surface area is 91.9 Å². The summed E-state index contributed by atoms with van der Waals surface area (Å²) in [5, 5.41) is 6.85. The summed E-state index contributed by atoms with van der Waals surface area (Å²) in [5.41, 5.74) is 11.8. The van der Waals surface area contributed by atoms with Gasteiger partial charge in [-0.05, 0) is 6.92 Å². The molecular weight excluding hydrogens is 208 g/mol. The second kappa shape index (κ2) is 4.05. The molecule has 84 valence electrons. The van der Waals surface area contributed by atoms with Gasteiger partial charge in [-0.2, -0.15) is 9.97 Å². The van der Waals surface area contributed by atoms with E-state index >= 15 is 0 Å². The van der Waals surface area contributed by atoms with E-state index in [0.29, 0.717) is 18.2 Å². The highest BCUT2D eigenvalue weighted by atomic mass is 16.5. The van der Waals surface area contributed by atoms with Crippen LogP contribution in [0.1, 0.15) is 11.5 Å². The topological polar surface area (TPSA) is 116 Å². The number of nitrogens with one attached hydrogen (secondary N) is 1. The van der Waals surface area contributed by atoms with Crippen molar-refractivity contribution >= 4 is 17.6 Å². The van der Waals surface area contributed by atoms with E-state index in [1.165, 1.54) is 0 Å². The molecule has 0 aliphatic heterocycles. The van der Waals surface area contributed by atoms with Gasteiger partial charge < -0.3 is 21.3 Å². The molecule has 0 radical (unpaired) electrons. The molecule has 7 nitrogen and oxygen atoms in total. The summed E-state index contributed by atoms with van der Waals surface area (Å²) in [6, 6.07) is 3.43. The summed E-state index contributed by atoms with van der Waals surface area (Å²) < 4.78 is 4.93. The Hall–Kier alpha value is -2.31. The second-order valence-electron chi connectivity index (χ2n) is 3.32. The average Bonchev–Trinajstić information content (AvgIpc) is 2.60. The SMILES string of the molecule is Cc1cc(CNc2cc(N)nc(N)n2)no1. The molecule has 2 heterocycles. The van der Waals surface area contributed by atoms with Crippen LogP contribution in [0, 0.1) is 6.92 Å². The Kier molecular flexibility index (Phi) is 2.59.